The molecule has 0 radical (unpaired) electrons. The summed E-state index contributed by atoms with van der Waals surface area (Å²) in [7, 11) is 1.82. The second-order valence-electron chi connectivity index (χ2n) is 5.98. The third-order valence-corrected chi connectivity index (χ3v) is 4.20. The molecule has 1 fully saturated rings. The summed E-state index contributed by atoms with van der Waals surface area (Å²) in [5.41, 5.74) is 6.77. The van der Waals surface area contributed by atoms with Gasteiger partial charge < -0.3 is 15.4 Å². The van der Waals surface area contributed by atoms with E-state index in [1.165, 1.54) is 6.42 Å². The molecule has 116 valence electrons. The molecular formula is C17H26N2O2. The van der Waals surface area contributed by atoms with Gasteiger partial charge in [-0.2, -0.15) is 0 Å². The quantitative estimate of drug-likeness (QED) is 0.818. The molecule has 0 heterocycles. The van der Waals surface area contributed by atoms with E-state index in [0.29, 0.717) is 19.8 Å². The number of ether oxygens (including phenoxy) is 1. The van der Waals surface area contributed by atoms with Crippen LogP contribution in [0.15, 0.2) is 30.3 Å². The minimum atomic E-state index is -0.646. The molecule has 1 aliphatic carbocycles. The van der Waals surface area contributed by atoms with Crippen molar-refractivity contribution in [1.29, 1.82) is 0 Å². The zero-order valence-corrected chi connectivity index (χ0v) is 12.9. The Morgan fingerprint density at radius 1 is 1.24 bits per heavy atom. The molecule has 1 amide bonds. The van der Waals surface area contributed by atoms with E-state index in [9.17, 15) is 4.79 Å². The normalized spacial score (nSPS) is 17.4. The van der Waals surface area contributed by atoms with E-state index < -0.39 is 5.54 Å². The topological polar surface area (TPSA) is 55.6 Å². The van der Waals surface area contributed by atoms with Crippen molar-refractivity contribution in [2.45, 2.75) is 44.2 Å². The number of nitrogens with two attached hydrogens (primary N) is 1. The van der Waals surface area contributed by atoms with Crippen molar-refractivity contribution >= 4 is 5.91 Å². The first-order valence-corrected chi connectivity index (χ1v) is 7.78. The fourth-order valence-electron chi connectivity index (χ4n) is 2.84. The van der Waals surface area contributed by atoms with Gasteiger partial charge in [-0.15, -0.1) is 0 Å². The van der Waals surface area contributed by atoms with Gasteiger partial charge in [0.05, 0.1) is 18.8 Å². The van der Waals surface area contributed by atoms with E-state index in [2.05, 4.69) is 0 Å². The van der Waals surface area contributed by atoms with Crippen LogP contribution in [0.1, 0.15) is 37.7 Å². The minimum Gasteiger partial charge on any atom is -0.375 e. The van der Waals surface area contributed by atoms with Gasteiger partial charge >= 0.3 is 0 Å². The Bertz CT molecular complexity index is 441. The maximum Gasteiger partial charge on any atom is 0.242 e. The Morgan fingerprint density at radius 2 is 1.90 bits per heavy atom. The van der Waals surface area contributed by atoms with Crippen LogP contribution in [0, 0.1) is 0 Å². The van der Waals surface area contributed by atoms with Gasteiger partial charge in [-0.25, -0.2) is 0 Å². The third kappa shape index (κ3) is 4.55. The van der Waals surface area contributed by atoms with Crippen LogP contribution in [-0.4, -0.2) is 36.5 Å². The predicted molar refractivity (Wildman–Crippen MR) is 83.7 cm³/mol. The predicted octanol–water partition coefficient (Wildman–Crippen LogP) is 2.32. The molecule has 4 nitrogen and oxygen atoms in total. The first-order valence-electron chi connectivity index (χ1n) is 7.78. The maximum atomic E-state index is 12.4. The lowest BCUT2D eigenvalue weighted by atomic mass is 9.81. The molecule has 0 aliphatic heterocycles. The Hall–Kier alpha value is -1.39. The number of nitrogens with zero attached hydrogens (tertiary/aromatic N) is 1. The molecule has 2 rings (SSSR count). The molecule has 0 bridgehead atoms. The van der Waals surface area contributed by atoms with Crippen LogP contribution >= 0.6 is 0 Å². The van der Waals surface area contributed by atoms with Crippen molar-refractivity contribution in [2.24, 2.45) is 5.73 Å². The van der Waals surface area contributed by atoms with Crippen LogP contribution in [0.2, 0.25) is 0 Å². The fourth-order valence-corrected chi connectivity index (χ4v) is 2.84. The molecule has 0 atom stereocenters. The summed E-state index contributed by atoms with van der Waals surface area (Å²) in [6.07, 6.45) is 4.92. The molecule has 1 aromatic carbocycles. The van der Waals surface area contributed by atoms with E-state index >= 15 is 0 Å². The lowest BCUT2D eigenvalue weighted by molar-refractivity contribution is -0.137. The number of carbonyl (C=O) groups excluding carboxylic acids is 1. The number of carbonyl (C=O) groups is 1. The molecule has 1 saturated carbocycles. The van der Waals surface area contributed by atoms with Crippen molar-refractivity contribution in [3.63, 3.8) is 0 Å². The average molecular weight is 290 g/mol. The molecule has 4 heteroatoms. The summed E-state index contributed by atoms with van der Waals surface area (Å²) in [6.45, 7) is 1.70. The SMILES string of the molecule is CN(CCOCc1ccccc1)C(=O)C1(N)CCCCC1. The number of amides is 1. The summed E-state index contributed by atoms with van der Waals surface area (Å²) in [5, 5.41) is 0. The van der Waals surface area contributed by atoms with Gasteiger partial charge in [-0.1, -0.05) is 49.6 Å². The van der Waals surface area contributed by atoms with Gasteiger partial charge in [-0.3, -0.25) is 4.79 Å². The van der Waals surface area contributed by atoms with Crippen LogP contribution in [0.4, 0.5) is 0 Å². The average Bonchev–Trinajstić information content (AvgIpc) is 2.52. The van der Waals surface area contributed by atoms with Crippen LogP contribution in [0.3, 0.4) is 0 Å². The van der Waals surface area contributed by atoms with E-state index in [4.69, 9.17) is 10.5 Å². The van der Waals surface area contributed by atoms with E-state index in [-0.39, 0.29) is 5.91 Å². The summed E-state index contributed by atoms with van der Waals surface area (Å²) < 4.78 is 5.63. The largest absolute Gasteiger partial charge is 0.375 e. The van der Waals surface area contributed by atoms with E-state index in [1.54, 1.807) is 4.90 Å². The van der Waals surface area contributed by atoms with Crippen LogP contribution in [0.5, 0.6) is 0 Å². The van der Waals surface area contributed by atoms with Gasteiger partial charge in [0.1, 0.15) is 0 Å². The van der Waals surface area contributed by atoms with Crippen LogP contribution in [0.25, 0.3) is 0 Å². The number of hydrogen-bond donors (Lipinski definition) is 1. The second-order valence-corrected chi connectivity index (χ2v) is 5.98. The van der Waals surface area contributed by atoms with Gasteiger partial charge in [-0.05, 0) is 18.4 Å². The first kappa shape index (κ1) is 16.0. The molecule has 0 saturated heterocycles. The highest BCUT2D eigenvalue weighted by Crippen LogP contribution is 2.27. The van der Waals surface area contributed by atoms with Crippen molar-refractivity contribution in [1.82, 2.24) is 4.90 Å². The maximum absolute atomic E-state index is 12.4. The summed E-state index contributed by atoms with van der Waals surface area (Å²) in [5.74, 6) is 0.0607. The number of likely N-dealkylation sites (N-methyl/N-ethyl adjacent to an activating group) is 1. The first-order chi connectivity index (χ1) is 10.1. The van der Waals surface area contributed by atoms with E-state index in [1.807, 2.05) is 37.4 Å². The Kier molecular flexibility index (Phi) is 5.76. The van der Waals surface area contributed by atoms with Crippen molar-refractivity contribution in [3.05, 3.63) is 35.9 Å². The Labute approximate surface area is 127 Å². The smallest absolute Gasteiger partial charge is 0.242 e. The highest BCUT2D eigenvalue weighted by molar-refractivity contribution is 5.86. The van der Waals surface area contributed by atoms with Crippen molar-refractivity contribution < 1.29 is 9.53 Å². The number of rotatable bonds is 6. The molecule has 21 heavy (non-hydrogen) atoms. The van der Waals surface area contributed by atoms with Crippen LogP contribution < -0.4 is 5.73 Å². The zero-order valence-electron chi connectivity index (χ0n) is 12.9. The summed E-state index contributed by atoms with van der Waals surface area (Å²) in [6, 6.07) is 10.0. The van der Waals surface area contributed by atoms with Gasteiger partial charge in [0.2, 0.25) is 5.91 Å². The summed E-state index contributed by atoms with van der Waals surface area (Å²) >= 11 is 0. The lowest BCUT2D eigenvalue weighted by Crippen LogP contribution is -2.55. The van der Waals surface area contributed by atoms with Gasteiger partial charge in [0.25, 0.3) is 0 Å². The van der Waals surface area contributed by atoms with Crippen LogP contribution in [-0.2, 0) is 16.1 Å². The zero-order chi connectivity index (χ0) is 15.1. The molecular weight excluding hydrogens is 264 g/mol. The number of benzene rings is 1. The Morgan fingerprint density at radius 3 is 2.57 bits per heavy atom. The molecule has 1 aromatic rings. The molecule has 1 aliphatic rings. The number of hydrogen-bond acceptors (Lipinski definition) is 3. The standard InChI is InChI=1S/C17H26N2O2/c1-19(16(20)17(18)10-6-3-7-11-17)12-13-21-14-15-8-4-2-5-9-15/h2,4-5,8-9H,3,6-7,10-14,18H2,1H3. The molecule has 2 N–H and O–H groups in total. The van der Waals surface area contributed by atoms with Crippen molar-refractivity contribution in [2.75, 3.05) is 20.2 Å². The highest BCUT2D eigenvalue weighted by Gasteiger charge is 2.37. The van der Waals surface area contributed by atoms with Gasteiger partial charge in [0.15, 0.2) is 0 Å². The highest BCUT2D eigenvalue weighted by atomic mass is 16.5. The van der Waals surface area contributed by atoms with E-state index in [0.717, 1.165) is 31.2 Å². The molecule has 0 unspecified atom stereocenters. The fraction of sp³-hybridized carbons (Fsp3) is 0.588. The monoisotopic (exact) mass is 290 g/mol. The minimum absolute atomic E-state index is 0.0607. The lowest BCUT2D eigenvalue weighted by Gasteiger charge is -2.35. The third-order valence-electron chi connectivity index (χ3n) is 4.20. The molecule has 0 aromatic heterocycles. The van der Waals surface area contributed by atoms with Crippen molar-refractivity contribution in [3.8, 4) is 0 Å². The molecule has 0 spiro atoms. The summed E-state index contributed by atoms with van der Waals surface area (Å²) in [4.78, 5) is 14.1. The van der Waals surface area contributed by atoms with Gasteiger partial charge in [0, 0.05) is 13.6 Å². The Balaban J connectivity index is 1.71. The second kappa shape index (κ2) is 7.57.